The highest BCUT2D eigenvalue weighted by Gasteiger charge is 2.18. The number of hydrogen-bond donors (Lipinski definition) is 1. The van der Waals surface area contributed by atoms with E-state index >= 15 is 0 Å². The van der Waals surface area contributed by atoms with Gasteiger partial charge in [-0.15, -0.1) is 0 Å². The Bertz CT molecular complexity index is 371. The Balaban J connectivity index is 2.79. The van der Waals surface area contributed by atoms with E-state index in [9.17, 15) is 9.90 Å². The van der Waals surface area contributed by atoms with E-state index in [1.165, 1.54) is 0 Å². The van der Waals surface area contributed by atoms with Crippen LogP contribution in [0.15, 0.2) is 24.3 Å². The lowest BCUT2D eigenvalue weighted by molar-refractivity contribution is -0.153. The van der Waals surface area contributed by atoms with Gasteiger partial charge in [-0.05, 0) is 38.5 Å². The van der Waals surface area contributed by atoms with Gasteiger partial charge in [0.05, 0.1) is 6.61 Å². The lowest BCUT2D eigenvalue weighted by Gasteiger charge is -2.21. The summed E-state index contributed by atoms with van der Waals surface area (Å²) in [7, 11) is 0. The van der Waals surface area contributed by atoms with Gasteiger partial charge < -0.3 is 14.7 Å². The maximum absolute atomic E-state index is 11.4. The van der Waals surface area contributed by atoms with Crippen molar-refractivity contribution in [3.63, 3.8) is 0 Å². The molecule has 0 bridgehead atoms. The molecule has 1 unspecified atom stereocenters. The fourth-order valence-corrected chi connectivity index (χ4v) is 1.81. The lowest BCUT2D eigenvalue weighted by Crippen LogP contribution is -2.22. The Hall–Kier alpha value is -1.55. The molecule has 1 aromatic carbocycles. The minimum absolute atomic E-state index is 0.271. The second kappa shape index (κ2) is 7.01. The summed E-state index contributed by atoms with van der Waals surface area (Å²) in [6.45, 7) is 8.02. The van der Waals surface area contributed by atoms with Crippen LogP contribution in [0.1, 0.15) is 32.4 Å². The number of aliphatic hydroxyl groups is 1. The normalized spacial score (nSPS) is 12.0. The number of carbonyl (C=O) groups excluding carboxylic acids is 1. The molecule has 100 valence electrons. The molecule has 0 aromatic heterocycles. The first-order chi connectivity index (χ1) is 8.63. The number of rotatable bonds is 6. The molecule has 1 atom stereocenters. The van der Waals surface area contributed by atoms with Crippen LogP contribution in [0.3, 0.4) is 0 Å². The van der Waals surface area contributed by atoms with Gasteiger partial charge in [-0.25, -0.2) is 4.79 Å². The van der Waals surface area contributed by atoms with Crippen LogP contribution in [0, 0.1) is 0 Å². The highest BCUT2D eigenvalue weighted by molar-refractivity contribution is 5.76. The highest BCUT2D eigenvalue weighted by atomic mass is 16.5. The predicted molar refractivity (Wildman–Crippen MR) is 71.6 cm³/mol. The minimum Gasteiger partial charge on any atom is -0.464 e. The first-order valence-corrected chi connectivity index (χ1v) is 6.33. The monoisotopic (exact) mass is 251 g/mol. The highest BCUT2D eigenvalue weighted by Crippen LogP contribution is 2.20. The molecule has 0 aliphatic heterocycles. The van der Waals surface area contributed by atoms with Crippen molar-refractivity contribution < 1.29 is 14.6 Å². The van der Waals surface area contributed by atoms with Crippen molar-refractivity contribution in [2.24, 2.45) is 0 Å². The number of ether oxygens (including phenoxy) is 1. The van der Waals surface area contributed by atoms with Gasteiger partial charge in [-0.2, -0.15) is 0 Å². The number of benzene rings is 1. The van der Waals surface area contributed by atoms with Crippen molar-refractivity contribution in [3.8, 4) is 0 Å². The van der Waals surface area contributed by atoms with E-state index in [-0.39, 0.29) is 6.61 Å². The molecule has 0 saturated heterocycles. The van der Waals surface area contributed by atoms with Crippen LogP contribution < -0.4 is 4.90 Å². The zero-order valence-corrected chi connectivity index (χ0v) is 11.2. The fraction of sp³-hybridized carbons (Fsp3) is 0.500. The minimum atomic E-state index is -1.20. The molecular formula is C14H21NO3. The van der Waals surface area contributed by atoms with Crippen LogP contribution in [-0.4, -0.2) is 30.8 Å². The van der Waals surface area contributed by atoms with E-state index in [1.807, 2.05) is 12.1 Å². The third kappa shape index (κ3) is 3.47. The van der Waals surface area contributed by atoms with Crippen LogP contribution >= 0.6 is 0 Å². The second-order valence-corrected chi connectivity index (χ2v) is 3.92. The molecule has 18 heavy (non-hydrogen) atoms. The molecular weight excluding hydrogens is 230 g/mol. The standard InChI is InChI=1S/C14H21NO3/c1-4-15(5-2)12-9-7-11(8-10-12)13(16)14(17)18-6-3/h7-10,13,16H,4-6H2,1-3H3. The molecule has 0 amide bonds. The van der Waals surface area contributed by atoms with Gasteiger partial charge in [0.2, 0.25) is 0 Å². The first-order valence-electron chi connectivity index (χ1n) is 6.33. The maximum atomic E-state index is 11.4. The van der Waals surface area contributed by atoms with Crippen LogP contribution in [0.5, 0.6) is 0 Å². The Morgan fingerprint density at radius 3 is 2.22 bits per heavy atom. The molecule has 0 spiro atoms. The van der Waals surface area contributed by atoms with Crippen LogP contribution in [-0.2, 0) is 9.53 Å². The van der Waals surface area contributed by atoms with Gasteiger partial charge in [0.25, 0.3) is 0 Å². The fourth-order valence-electron chi connectivity index (χ4n) is 1.81. The van der Waals surface area contributed by atoms with Crippen molar-refractivity contribution in [2.45, 2.75) is 26.9 Å². The number of nitrogens with zero attached hydrogens (tertiary/aromatic N) is 1. The predicted octanol–water partition coefficient (Wildman–Crippen LogP) is 2.13. The van der Waals surface area contributed by atoms with Crippen LogP contribution in [0.25, 0.3) is 0 Å². The average molecular weight is 251 g/mol. The van der Waals surface area contributed by atoms with Crippen molar-refractivity contribution >= 4 is 11.7 Å². The summed E-state index contributed by atoms with van der Waals surface area (Å²) in [5.41, 5.74) is 1.64. The molecule has 0 aliphatic rings. The van der Waals surface area contributed by atoms with E-state index in [4.69, 9.17) is 4.74 Å². The zero-order chi connectivity index (χ0) is 13.5. The summed E-state index contributed by atoms with van der Waals surface area (Å²) >= 11 is 0. The molecule has 4 heteroatoms. The molecule has 0 aliphatic carbocycles. The summed E-state index contributed by atoms with van der Waals surface area (Å²) in [4.78, 5) is 13.6. The summed E-state index contributed by atoms with van der Waals surface area (Å²) in [6, 6.07) is 7.33. The van der Waals surface area contributed by atoms with E-state index in [1.54, 1.807) is 19.1 Å². The van der Waals surface area contributed by atoms with Gasteiger partial charge >= 0.3 is 5.97 Å². The lowest BCUT2D eigenvalue weighted by atomic mass is 10.1. The number of hydrogen-bond acceptors (Lipinski definition) is 4. The van der Waals surface area contributed by atoms with Gasteiger partial charge in [-0.1, -0.05) is 12.1 Å². The number of esters is 1. The number of aliphatic hydroxyl groups excluding tert-OH is 1. The van der Waals surface area contributed by atoms with Crippen LogP contribution in [0.4, 0.5) is 5.69 Å². The topological polar surface area (TPSA) is 49.8 Å². The summed E-state index contributed by atoms with van der Waals surface area (Å²) in [5.74, 6) is -0.604. The van der Waals surface area contributed by atoms with Gasteiger partial charge in [-0.3, -0.25) is 0 Å². The SMILES string of the molecule is CCOC(=O)C(O)c1ccc(N(CC)CC)cc1. The third-order valence-electron chi connectivity index (χ3n) is 2.85. The van der Waals surface area contributed by atoms with Crippen molar-refractivity contribution in [1.82, 2.24) is 0 Å². The van der Waals surface area contributed by atoms with Gasteiger partial charge in [0, 0.05) is 18.8 Å². The van der Waals surface area contributed by atoms with E-state index < -0.39 is 12.1 Å². The molecule has 0 radical (unpaired) electrons. The Labute approximate surface area is 108 Å². The molecule has 1 N–H and O–H groups in total. The second-order valence-electron chi connectivity index (χ2n) is 3.92. The molecule has 0 fully saturated rings. The third-order valence-corrected chi connectivity index (χ3v) is 2.85. The molecule has 0 heterocycles. The number of carbonyl (C=O) groups is 1. The Morgan fingerprint density at radius 2 is 1.78 bits per heavy atom. The largest absolute Gasteiger partial charge is 0.464 e. The van der Waals surface area contributed by atoms with E-state index in [0.717, 1.165) is 18.8 Å². The average Bonchev–Trinajstić information content (AvgIpc) is 2.40. The van der Waals surface area contributed by atoms with Gasteiger partial charge in [0.1, 0.15) is 0 Å². The first kappa shape index (κ1) is 14.5. The molecule has 1 rings (SSSR count). The van der Waals surface area contributed by atoms with Crippen molar-refractivity contribution in [3.05, 3.63) is 29.8 Å². The van der Waals surface area contributed by atoms with E-state index in [2.05, 4.69) is 18.7 Å². The van der Waals surface area contributed by atoms with E-state index in [0.29, 0.717) is 5.56 Å². The summed E-state index contributed by atoms with van der Waals surface area (Å²) in [6.07, 6.45) is -1.20. The smallest absolute Gasteiger partial charge is 0.339 e. The molecule has 1 aromatic rings. The Kier molecular flexibility index (Phi) is 5.65. The Morgan fingerprint density at radius 1 is 1.22 bits per heavy atom. The van der Waals surface area contributed by atoms with Crippen molar-refractivity contribution in [1.29, 1.82) is 0 Å². The van der Waals surface area contributed by atoms with Crippen LogP contribution in [0.2, 0.25) is 0 Å². The van der Waals surface area contributed by atoms with Crippen molar-refractivity contribution in [2.75, 3.05) is 24.6 Å². The van der Waals surface area contributed by atoms with Gasteiger partial charge in [0.15, 0.2) is 6.10 Å². The number of anilines is 1. The maximum Gasteiger partial charge on any atom is 0.339 e. The molecule has 0 saturated carbocycles. The summed E-state index contributed by atoms with van der Waals surface area (Å²) in [5, 5.41) is 9.78. The quantitative estimate of drug-likeness (QED) is 0.787. The zero-order valence-electron chi connectivity index (χ0n) is 11.2. The summed E-state index contributed by atoms with van der Waals surface area (Å²) < 4.78 is 4.78. The molecule has 4 nitrogen and oxygen atoms in total.